The molecule has 19 heavy (non-hydrogen) atoms. The van der Waals surface area contributed by atoms with Crippen LogP contribution in [-0.4, -0.2) is 37.0 Å². The van der Waals surface area contributed by atoms with Crippen LogP contribution in [0.3, 0.4) is 0 Å². The van der Waals surface area contributed by atoms with Crippen molar-refractivity contribution in [2.75, 3.05) is 26.2 Å². The van der Waals surface area contributed by atoms with Crippen molar-refractivity contribution in [1.82, 2.24) is 10.2 Å². The number of carbonyl (C=O) groups is 1. The Morgan fingerprint density at radius 2 is 1.95 bits per heavy atom. The van der Waals surface area contributed by atoms with Crippen LogP contribution in [0.15, 0.2) is 22.7 Å². The maximum atomic E-state index is 14.1. The lowest BCUT2D eigenvalue weighted by Gasteiger charge is -2.30. The summed E-state index contributed by atoms with van der Waals surface area (Å²) in [5, 5.41) is 2.96. The summed E-state index contributed by atoms with van der Waals surface area (Å²) in [6, 6.07) is 3.16. The fourth-order valence-electron chi connectivity index (χ4n) is 1.92. The maximum absolute atomic E-state index is 14.1. The first kappa shape index (κ1) is 14.3. The van der Waals surface area contributed by atoms with E-state index in [9.17, 15) is 18.0 Å². The van der Waals surface area contributed by atoms with E-state index in [0.717, 1.165) is 17.0 Å². The molecule has 0 aliphatic carbocycles. The van der Waals surface area contributed by atoms with Gasteiger partial charge in [-0.3, -0.25) is 4.79 Å². The van der Waals surface area contributed by atoms with Crippen LogP contribution in [0.5, 0.6) is 0 Å². The number of hydrogen-bond acceptors (Lipinski definition) is 2. The first-order chi connectivity index (χ1) is 8.93. The Labute approximate surface area is 116 Å². The SMILES string of the molecule is O=C(N1CCNCC1)C(F)(F)c1cc(Br)ccc1F. The zero-order valence-corrected chi connectivity index (χ0v) is 11.5. The van der Waals surface area contributed by atoms with Crippen LogP contribution < -0.4 is 5.32 Å². The average Bonchev–Trinajstić information content (AvgIpc) is 2.41. The van der Waals surface area contributed by atoms with Gasteiger partial charge in [0.05, 0.1) is 5.56 Å². The van der Waals surface area contributed by atoms with E-state index in [1.54, 1.807) is 0 Å². The van der Waals surface area contributed by atoms with E-state index >= 15 is 0 Å². The molecule has 0 atom stereocenters. The lowest BCUT2D eigenvalue weighted by Crippen LogP contribution is -2.51. The third-order valence-corrected chi connectivity index (χ3v) is 3.43. The van der Waals surface area contributed by atoms with Crippen molar-refractivity contribution in [3.63, 3.8) is 0 Å². The first-order valence-corrected chi connectivity index (χ1v) is 6.55. The molecule has 1 aromatic carbocycles. The summed E-state index contributed by atoms with van der Waals surface area (Å²) in [5.74, 6) is -6.30. The largest absolute Gasteiger partial charge is 0.352 e. The summed E-state index contributed by atoms with van der Waals surface area (Å²) in [7, 11) is 0. The number of benzene rings is 1. The van der Waals surface area contributed by atoms with Gasteiger partial charge < -0.3 is 10.2 Å². The molecule has 1 amide bonds. The summed E-state index contributed by atoms with van der Waals surface area (Å²) >= 11 is 3.00. The van der Waals surface area contributed by atoms with Crippen molar-refractivity contribution in [3.05, 3.63) is 34.1 Å². The molecule has 0 bridgehead atoms. The average molecular weight is 337 g/mol. The molecule has 0 saturated carbocycles. The molecular formula is C12H12BrF3N2O. The monoisotopic (exact) mass is 336 g/mol. The van der Waals surface area contributed by atoms with Crippen LogP contribution in [0.1, 0.15) is 5.56 Å². The second-order valence-corrected chi connectivity index (χ2v) is 5.16. The normalized spacial score (nSPS) is 16.5. The number of alkyl halides is 2. The third kappa shape index (κ3) is 2.92. The fraction of sp³-hybridized carbons (Fsp3) is 0.417. The molecule has 1 N–H and O–H groups in total. The molecule has 104 valence electrons. The van der Waals surface area contributed by atoms with E-state index in [2.05, 4.69) is 21.2 Å². The third-order valence-electron chi connectivity index (χ3n) is 2.94. The van der Waals surface area contributed by atoms with Crippen molar-refractivity contribution in [1.29, 1.82) is 0 Å². The minimum absolute atomic E-state index is 0.198. The van der Waals surface area contributed by atoms with E-state index in [0.29, 0.717) is 17.6 Å². The minimum atomic E-state index is -3.86. The van der Waals surface area contributed by atoms with Gasteiger partial charge in [-0.05, 0) is 18.2 Å². The van der Waals surface area contributed by atoms with E-state index in [1.165, 1.54) is 6.07 Å². The van der Waals surface area contributed by atoms with Crippen LogP contribution in [-0.2, 0) is 10.7 Å². The molecule has 1 heterocycles. The first-order valence-electron chi connectivity index (χ1n) is 5.76. The number of hydrogen-bond donors (Lipinski definition) is 1. The summed E-state index contributed by atoms with van der Waals surface area (Å²) < 4.78 is 42.0. The van der Waals surface area contributed by atoms with Gasteiger partial charge in [0.25, 0.3) is 5.91 Å². The molecule has 1 aliphatic rings. The van der Waals surface area contributed by atoms with E-state index in [4.69, 9.17) is 0 Å². The molecule has 1 saturated heterocycles. The van der Waals surface area contributed by atoms with Crippen molar-refractivity contribution in [2.45, 2.75) is 5.92 Å². The number of rotatable bonds is 2. The standard InChI is InChI=1S/C12H12BrF3N2O/c13-8-1-2-10(14)9(7-8)12(15,16)11(19)18-5-3-17-4-6-18/h1-2,7,17H,3-6H2. The topological polar surface area (TPSA) is 32.3 Å². The van der Waals surface area contributed by atoms with E-state index in [1.807, 2.05) is 0 Å². The quantitative estimate of drug-likeness (QED) is 0.897. The number of amides is 1. The summed E-state index contributed by atoms with van der Waals surface area (Å²) in [6.45, 7) is 1.32. The van der Waals surface area contributed by atoms with Gasteiger partial charge in [0.1, 0.15) is 5.82 Å². The van der Waals surface area contributed by atoms with Crippen LogP contribution in [0.4, 0.5) is 13.2 Å². The van der Waals surface area contributed by atoms with Gasteiger partial charge in [0.2, 0.25) is 0 Å². The maximum Gasteiger partial charge on any atom is 0.352 e. The molecule has 1 fully saturated rings. The lowest BCUT2D eigenvalue weighted by atomic mass is 10.1. The molecule has 2 rings (SSSR count). The molecule has 0 spiro atoms. The number of piperazine rings is 1. The van der Waals surface area contributed by atoms with E-state index in [-0.39, 0.29) is 13.1 Å². The number of halogens is 4. The van der Waals surface area contributed by atoms with Gasteiger partial charge in [0.15, 0.2) is 0 Å². The van der Waals surface area contributed by atoms with Crippen molar-refractivity contribution in [3.8, 4) is 0 Å². The zero-order chi connectivity index (χ0) is 14.0. The Balaban J connectivity index is 2.29. The molecule has 3 nitrogen and oxygen atoms in total. The van der Waals surface area contributed by atoms with Crippen LogP contribution >= 0.6 is 15.9 Å². The highest BCUT2D eigenvalue weighted by molar-refractivity contribution is 9.10. The predicted octanol–water partition coefficient (Wildman–Crippen LogP) is 2.11. The Bertz CT molecular complexity index is 490. The van der Waals surface area contributed by atoms with Gasteiger partial charge in [-0.15, -0.1) is 0 Å². The second kappa shape index (κ2) is 5.50. The predicted molar refractivity (Wildman–Crippen MR) is 67.4 cm³/mol. The van der Waals surface area contributed by atoms with Crippen molar-refractivity contribution < 1.29 is 18.0 Å². The smallest absolute Gasteiger partial charge is 0.335 e. The van der Waals surface area contributed by atoms with Gasteiger partial charge in [0, 0.05) is 30.7 Å². The fourth-order valence-corrected chi connectivity index (χ4v) is 2.28. The highest BCUT2D eigenvalue weighted by atomic mass is 79.9. The van der Waals surface area contributed by atoms with Gasteiger partial charge in [-0.2, -0.15) is 8.78 Å². The lowest BCUT2D eigenvalue weighted by molar-refractivity contribution is -0.160. The number of carbonyl (C=O) groups excluding carboxylic acids is 1. The Morgan fingerprint density at radius 1 is 1.32 bits per heavy atom. The number of nitrogens with zero attached hydrogens (tertiary/aromatic N) is 1. The summed E-state index contributed by atoms with van der Waals surface area (Å²) in [5.41, 5.74) is -0.898. The van der Waals surface area contributed by atoms with Crippen molar-refractivity contribution in [2.24, 2.45) is 0 Å². The zero-order valence-electron chi connectivity index (χ0n) is 9.93. The molecule has 0 aromatic heterocycles. The molecule has 1 aliphatic heterocycles. The Hall–Kier alpha value is -1.08. The van der Waals surface area contributed by atoms with Crippen LogP contribution in [0, 0.1) is 5.82 Å². The molecule has 0 radical (unpaired) electrons. The van der Waals surface area contributed by atoms with Crippen LogP contribution in [0.25, 0.3) is 0 Å². The Morgan fingerprint density at radius 3 is 2.58 bits per heavy atom. The molecule has 7 heteroatoms. The highest BCUT2D eigenvalue weighted by Gasteiger charge is 2.46. The van der Waals surface area contributed by atoms with Gasteiger partial charge in [-0.1, -0.05) is 15.9 Å². The number of nitrogens with one attached hydrogen (secondary N) is 1. The van der Waals surface area contributed by atoms with Gasteiger partial charge >= 0.3 is 5.92 Å². The summed E-state index contributed by atoms with van der Waals surface area (Å²) in [4.78, 5) is 12.9. The molecule has 1 aromatic rings. The van der Waals surface area contributed by atoms with Crippen molar-refractivity contribution >= 4 is 21.8 Å². The molecule has 0 unspecified atom stereocenters. The second-order valence-electron chi connectivity index (χ2n) is 4.24. The van der Waals surface area contributed by atoms with E-state index < -0.39 is 23.2 Å². The Kier molecular flexibility index (Phi) is 4.15. The highest BCUT2D eigenvalue weighted by Crippen LogP contribution is 2.34. The van der Waals surface area contributed by atoms with Crippen LogP contribution in [0.2, 0.25) is 0 Å². The summed E-state index contributed by atoms with van der Waals surface area (Å²) in [6.07, 6.45) is 0. The minimum Gasteiger partial charge on any atom is -0.335 e. The molecular weight excluding hydrogens is 325 g/mol. The van der Waals surface area contributed by atoms with Gasteiger partial charge in [-0.25, -0.2) is 4.39 Å².